The molecule has 4 rings (SSSR count). The topological polar surface area (TPSA) is 111 Å². The second kappa shape index (κ2) is 9.22. The zero-order valence-electron chi connectivity index (χ0n) is 17.3. The molecule has 0 saturated carbocycles. The summed E-state index contributed by atoms with van der Waals surface area (Å²) in [5.41, 5.74) is 9.91. The van der Waals surface area contributed by atoms with Crippen LogP contribution in [-0.2, 0) is 4.79 Å². The fourth-order valence-corrected chi connectivity index (χ4v) is 3.50. The third-order valence-electron chi connectivity index (χ3n) is 4.94. The molecular formula is C23H24ClN3O4. The lowest BCUT2D eigenvalue weighted by Gasteiger charge is -2.12. The smallest absolute Gasteiger partial charge is 0.303 e. The molecule has 2 aromatic carbocycles. The molecule has 31 heavy (non-hydrogen) atoms. The number of hydrogen-bond acceptors (Lipinski definition) is 6. The number of carboxylic acid groups (broad SMARTS) is 1. The van der Waals surface area contributed by atoms with Crippen LogP contribution in [0.5, 0.6) is 5.75 Å². The van der Waals surface area contributed by atoms with Crippen molar-refractivity contribution in [1.82, 2.24) is 4.98 Å². The Morgan fingerprint density at radius 3 is 2.77 bits per heavy atom. The lowest BCUT2D eigenvalue weighted by Crippen LogP contribution is -2.09. The highest BCUT2D eigenvalue weighted by atomic mass is 35.5. The number of carboxylic acids is 1. The summed E-state index contributed by atoms with van der Waals surface area (Å²) < 4.78 is 11.9. The van der Waals surface area contributed by atoms with Gasteiger partial charge in [0.15, 0.2) is 11.3 Å². The van der Waals surface area contributed by atoms with Gasteiger partial charge >= 0.3 is 5.97 Å². The van der Waals surface area contributed by atoms with E-state index >= 15 is 0 Å². The van der Waals surface area contributed by atoms with Crippen LogP contribution in [-0.4, -0.2) is 29.2 Å². The van der Waals surface area contributed by atoms with Crippen molar-refractivity contribution in [3.05, 3.63) is 47.3 Å². The number of nitrogens with zero attached hydrogens (tertiary/aromatic N) is 2. The van der Waals surface area contributed by atoms with Crippen LogP contribution in [0.4, 0.5) is 5.69 Å². The Morgan fingerprint density at radius 1 is 1.23 bits per heavy atom. The summed E-state index contributed by atoms with van der Waals surface area (Å²) in [6.45, 7) is 5.01. The van der Waals surface area contributed by atoms with Gasteiger partial charge in [-0.1, -0.05) is 0 Å². The van der Waals surface area contributed by atoms with Crippen molar-refractivity contribution in [2.75, 3.05) is 18.9 Å². The number of carbonyl (C=O) groups is 1. The second-order valence-corrected chi connectivity index (χ2v) is 7.16. The summed E-state index contributed by atoms with van der Waals surface area (Å²) in [6.07, 6.45) is 0.509. The number of fused-ring (bicyclic) bond motifs is 4. The van der Waals surface area contributed by atoms with E-state index in [4.69, 9.17) is 25.0 Å². The summed E-state index contributed by atoms with van der Waals surface area (Å²) in [7, 11) is 0. The first-order valence-electron chi connectivity index (χ1n) is 9.89. The van der Waals surface area contributed by atoms with Crippen molar-refractivity contribution in [2.24, 2.45) is 4.99 Å². The van der Waals surface area contributed by atoms with Gasteiger partial charge in [-0.3, -0.25) is 9.79 Å². The van der Waals surface area contributed by atoms with Crippen molar-refractivity contribution in [3.8, 4) is 17.2 Å². The average molecular weight is 442 g/mol. The second-order valence-electron chi connectivity index (χ2n) is 7.16. The zero-order valence-corrected chi connectivity index (χ0v) is 18.2. The maximum absolute atomic E-state index is 10.7. The van der Waals surface area contributed by atoms with Gasteiger partial charge in [0.2, 0.25) is 0 Å². The van der Waals surface area contributed by atoms with E-state index in [2.05, 4.69) is 4.99 Å². The monoisotopic (exact) mass is 441 g/mol. The standard InChI is InChI=1S/C23H23N3O4.ClH/c1-3-25-18-12-20-19(9-13(18)2)26-23-16-10-14(29-8-4-5-22(27)28)6-7-15(16)17(24)11-21(23)30-20;/h6-7,9-12H,3-5,8,24H2,1-2H3,(H,27,28);1H. The number of ether oxygens (including phenoxy) is 1. The Bertz CT molecular complexity index is 1300. The molecule has 2 aliphatic rings. The van der Waals surface area contributed by atoms with E-state index in [0.717, 1.165) is 27.4 Å². The third kappa shape index (κ3) is 4.56. The fraction of sp³-hybridized carbons (Fsp3) is 0.261. The van der Waals surface area contributed by atoms with Crippen molar-refractivity contribution in [1.29, 1.82) is 0 Å². The minimum Gasteiger partial charge on any atom is -0.494 e. The van der Waals surface area contributed by atoms with Gasteiger partial charge in [-0.15, -0.1) is 12.4 Å². The highest BCUT2D eigenvalue weighted by Crippen LogP contribution is 2.35. The van der Waals surface area contributed by atoms with E-state index in [0.29, 0.717) is 47.9 Å². The van der Waals surface area contributed by atoms with Crippen LogP contribution in [0, 0.1) is 6.92 Å². The molecule has 0 radical (unpaired) electrons. The lowest BCUT2D eigenvalue weighted by molar-refractivity contribution is -0.137. The van der Waals surface area contributed by atoms with E-state index < -0.39 is 5.97 Å². The van der Waals surface area contributed by atoms with Gasteiger partial charge in [-0.2, -0.15) is 0 Å². The normalized spacial score (nSPS) is 11.7. The molecule has 8 heteroatoms. The summed E-state index contributed by atoms with van der Waals surface area (Å²) >= 11 is 0. The lowest BCUT2D eigenvalue weighted by atomic mass is 10.1. The van der Waals surface area contributed by atoms with Crippen LogP contribution in [0.1, 0.15) is 25.3 Å². The number of benzene rings is 3. The SMILES string of the molecule is CCN=c1cc2oc3cc(N)c4ccc(OCCCC(=O)O)cc4c3nc-2cc1C.Cl. The molecule has 0 bridgehead atoms. The Hall–Kier alpha value is -3.32. The van der Waals surface area contributed by atoms with Crippen LogP contribution >= 0.6 is 12.4 Å². The third-order valence-corrected chi connectivity index (χ3v) is 4.94. The van der Waals surface area contributed by atoms with Crippen LogP contribution in [0.15, 0.2) is 45.8 Å². The molecule has 0 spiro atoms. The zero-order chi connectivity index (χ0) is 21.3. The molecule has 0 amide bonds. The highest BCUT2D eigenvalue weighted by molar-refractivity contribution is 6.10. The highest BCUT2D eigenvalue weighted by Gasteiger charge is 2.15. The number of rotatable bonds is 6. The van der Waals surface area contributed by atoms with E-state index in [9.17, 15) is 4.79 Å². The Kier molecular flexibility index (Phi) is 6.65. The Labute approximate surface area is 185 Å². The van der Waals surface area contributed by atoms with Gasteiger partial charge in [0.05, 0.1) is 12.0 Å². The molecule has 2 aromatic rings. The van der Waals surface area contributed by atoms with Gasteiger partial charge < -0.3 is 20.0 Å². The summed E-state index contributed by atoms with van der Waals surface area (Å²) in [5.74, 6) is 0.453. The number of nitrogen functional groups attached to an aromatic ring is 1. The van der Waals surface area contributed by atoms with Gasteiger partial charge in [0, 0.05) is 41.6 Å². The van der Waals surface area contributed by atoms with Crippen molar-refractivity contribution < 1.29 is 19.1 Å². The molecule has 0 aromatic heterocycles. The first-order chi connectivity index (χ1) is 14.5. The maximum atomic E-state index is 10.7. The van der Waals surface area contributed by atoms with Crippen LogP contribution in [0.3, 0.4) is 0 Å². The van der Waals surface area contributed by atoms with E-state index in [-0.39, 0.29) is 18.8 Å². The van der Waals surface area contributed by atoms with Crippen molar-refractivity contribution >= 4 is 45.9 Å². The number of aliphatic carboxylic acids is 1. The quantitative estimate of drug-likeness (QED) is 0.196. The van der Waals surface area contributed by atoms with Crippen LogP contribution < -0.4 is 15.8 Å². The largest absolute Gasteiger partial charge is 0.494 e. The number of hydrogen-bond donors (Lipinski definition) is 2. The molecule has 1 aliphatic heterocycles. The number of halogens is 1. The van der Waals surface area contributed by atoms with E-state index in [1.54, 1.807) is 6.07 Å². The minimum absolute atomic E-state index is 0. The molecule has 0 atom stereocenters. The summed E-state index contributed by atoms with van der Waals surface area (Å²) in [6, 6.07) is 11.2. The van der Waals surface area contributed by atoms with Gasteiger partial charge in [0.1, 0.15) is 17.0 Å². The number of aryl methyl sites for hydroxylation is 1. The summed E-state index contributed by atoms with van der Waals surface area (Å²) in [5, 5.41) is 11.3. The Morgan fingerprint density at radius 2 is 2.03 bits per heavy atom. The fourth-order valence-electron chi connectivity index (χ4n) is 3.50. The predicted molar refractivity (Wildman–Crippen MR) is 123 cm³/mol. The van der Waals surface area contributed by atoms with E-state index in [1.807, 2.05) is 44.2 Å². The molecular weight excluding hydrogens is 418 g/mol. The number of aromatic nitrogens is 1. The molecule has 1 heterocycles. The average Bonchev–Trinajstić information content (AvgIpc) is 2.71. The molecule has 0 unspecified atom stereocenters. The first kappa shape index (κ1) is 22.4. The predicted octanol–water partition coefficient (Wildman–Crippen LogP) is 4.56. The van der Waals surface area contributed by atoms with Gasteiger partial charge in [-0.25, -0.2) is 4.98 Å². The molecule has 0 fully saturated rings. The number of anilines is 1. The molecule has 1 aliphatic carbocycles. The Balaban J connectivity index is 0.00000272. The van der Waals surface area contributed by atoms with Crippen molar-refractivity contribution in [3.63, 3.8) is 0 Å². The maximum Gasteiger partial charge on any atom is 0.303 e. The van der Waals surface area contributed by atoms with Crippen LogP contribution in [0.2, 0.25) is 0 Å². The van der Waals surface area contributed by atoms with E-state index in [1.165, 1.54) is 0 Å². The molecule has 0 saturated heterocycles. The summed E-state index contributed by atoms with van der Waals surface area (Å²) in [4.78, 5) is 20.0. The molecule has 7 nitrogen and oxygen atoms in total. The minimum atomic E-state index is -0.834. The van der Waals surface area contributed by atoms with Gasteiger partial charge in [0.25, 0.3) is 0 Å². The van der Waals surface area contributed by atoms with Gasteiger partial charge in [-0.05, 0) is 50.1 Å². The molecule has 162 valence electrons. The number of nitrogens with two attached hydrogens (primary N) is 1. The first-order valence-corrected chi connectivity index (χ1v) is 9.89. The van der Waals surface area contributed by atoms with Crippen molar-refractivity contribution in [2.45, 2.75) is 26.7 Å². The van der Waals surface area contributed by atoms with Crippen LogP contribution in [0.25, 0.3) is 33.3 Å². The molecule has 3 N–H and O–H groups in total.